The quantitative estimate of drug-likeness (QED) is 0.857. The molecule has 2 N–H and O–H groups in total. The van der Waals surface area contributed by atoms with Crippen molar-refractivity contribution in [1.29, 1.82) is 0 Å². The summed E-state index contributed by atoms with van der Waals surface area (Å²) in [6.45, 7) is 0.631. The molecule has 5 nitrogen and oxygen atoms in total. The molecule has 0 radical (unpaired) electrons. The van der Waals surface area contributed by atoms with Crippen molar-refractivity contribution in [3.8, 4) is 0 Å². The summed E-state index contributed by atoms with van der Waals surface area (Å²) in [7, 11) is 3.83. The molecule has 4 rings (SSSR count). The molecule has 1 amide bonds. The second-order valence-electron chi connectivity index (χ2n) is 7.87. The van der Waals surface area contributed by atoms with E-state index in [2.05, 4.69) is 5.32 Å². The maximum atomic E-state index is 14.3. The molecule has 6 heteroatoms. The number of rotatable bonds is 5. The molecule has 0 unspecified atom stereocenters. The van der Waals surface area contributed by atoms with Crippen molar-refractivity contribution in [2.24, 2.45) is 10.8 Å². The number of carbonyl (C=O) groups excluding carboxylic acids is 1. The minimum absolute atomic E-state index is 0.176. The summed E-state index contributed by atoms with van der Waals surface area (Å²) in [5, 5.41) is 12.2. The number of hydrogen-bond donors (Lipinski definition) is 2. The molecule has 136 valence electrons. The summed E-state index contributed by atoms with van der Waals surface area (Å²) in [6.07, 6.45) is 3.27. The third-order valence-corrected chi connectivity index (χ3v) is 5.96. The van der Waals surface area contributed by atoms with Gasteiger partial charge in [-0.15, -0.1) is 0 Å². The van der Waals surface area contributed by atoms with Gasteiger partial charge in [-0.2, -0.15) is 0 Å². The van der Waals surface area contributed by atoms with Crippen LogP contribution in [0, 0.1) is 16.6 Å². The predicted molar refractivity (Wildman–Crippen MR) is 92.6 cm³/mol. The lowest BCUT2D eigenvalue weighted by atomic mass is 9.53. The zero-order chi connectivity index (χ0) is 18.2. The van der Waals surface area contributed by atoms with Gasteiger partial charge in [0.05, 0.1) is 11.1 Å². The normalized spacial score (nSPS) is 28.2. The molecule has 0 saturated heterocycles. The number of nitrogens with one attached hydrogen (secondary N) is 1. The average molecular weight is 348 g/mol. The molecule has 25 heavy (non-hydrogen) atoms. The molecule has 1 aromatic rings. The Bertz CT molecular complexity index is 677. The van der Waals surface area contributed by atoms with Crippen LogP contribution in [0.5, 0.6) is 0 Å². The topological polar surface area (TPSA) is 69.6 Å². The second-order valence-corrected chi connectivity index (χ2v) is 7.87. The lowest BCUT2D eigenvalue weighted by Crippen LogP contribution is -2.50. The number of carboxylic acids is 1. The number of nitrogens with zero attached hydrogens (tertiary/aromatic N) is 1. The standard InChI is InChI=1S/C19H25FN2O3/c1-22(2)12-13-3-4-15(14(20)11-13)21-16(23)18-5-8-19(9-6-18,10-7-18)17(24)25/h3-4,11H,5-10,12H2,1-2H3,(H,21,23)(H,24,25). The number of amides is 1. The lowest BCUT2D eigenvalue weighted by Gasteiger charge is -2.50. The number of carboxylic acid groups (broad SMARTS) is 1. The fourth-order valence-electron chi connectivity index (χ4n) is 4.23. The SMILES string of the molecule is CN(C)Cc1ccc(NC(=O)C23CCC(C(=O)O)(CC2)CC3)c(F)c1. The van der Waals surface area contributed by atoms with Gasteiger partial charge < -0.3 is 15.3 Å². The van der Waals surface area contributed by atoms with E-state index in [4.69, 9.17) is 0 Å². The summed E-state index contributed by atoms with van der Waals surface area (Å²) in [4.78, 5) is 26.2. The summed E-state index contributed by atoms with van der Waals surface area (Å²) >= 11 is 0. The van der Waals surface area contributed by atoms with Crippen LogP contribution in [0.15, 0.2) is 18.2 Å². The van der Waals surface area contributed by atoms with Gasteiger partial charge in [0, 0.05) is 12.0 Å². The van der Waals surface area contributed by atoms with Gasteiger partial charge in [-0.1, -0.05) is 6.07 Å². The number of benzene rings is 1. The van der Waals surface area contributed by atoms with E-state index in [9.17, 15) is 19.1 Å². The summed E-state index contributed by atoms with van der Waals surface area (Å²) < 4.78 is 14.3. The monoisotopic (exact) mass is 348 g/mol. The second kappa shape index (κ2) is 6.41. The van der Waals surface area contributed by atoms with E-state index in [0.29, 0.717) is 45.1 Å². The predicted octanol–water partition coefficient (Wildman–Crippen LogP) is 3.25. The Morgan fingerprint density at radius 1 is 1.12 bits per heavy atom. The van der Waals surface area contributed by atoms with Crippen LogP contribution in [0.3, 0.4) is 0 Å². The highest BCUT2D eigenvalue weighted by Gasteiger charge is 2.55. The van der Waals surface area contributed by atoms with Crippen molar-refractivity contribution in [3.05, 3.63) is 29.6 Å². The molecule has 1 aromatic carbocycles. The van der Waals surface area contributed by atoms with Crippen molar-refractivity contribution in [3.63, 3.8) is 0 Å². The Labute approximate surface area is 147 Å². The number of fused-ring (bicyclic) bond motifs is 3. The third kappa shape index (κ3) is 3.27. The van der Waals surface area contributed by atoms with Crippen LogP contribution in [0.2, 0.25) is 0 Å². The minimum atomic E-state index is -0.747. The fraction of sp³-hybridized carbons (Fsp3) is 0.579. The molecule has 3 aliphatic rings. The van der Waals surface area contributed by atoms with Crippen LogP contribution in [-0.4, -0.2) is 36.0 Å². The fourth-order valence-corrected chi connectivity index (χ4v) is 4.23. The first-order chi connectivity index (χ1) is 11.8. The Balaban J connectivity index is 1.70. The van der Waals surface area contributed by atoms with E-state index in [1.54, 1.807) is 6.07 Å². The van der Waals surface area contributed by atoms with E-state index < -0.39 is 22.6 Å². The van der Waals surface area contributed by atoms with Gasteiger partial charge >= 0.3 is 5.97 Å². The van der Waals surface area contributed by atoms with Crippen molar-refractivity contribution in [2.45, 2.75) is 45.1 Å². The van der Waals surface area contributed by atoms with E-state index in [1.165, 1.54) is 6.07 Å². The number of halogens is 1. The number of anilines is 1. The van der Waals surface area contributed by atoms with E-state index in [0.717, 1.165) is 5.56 Å². The smallest absolute Gasteiger partial charge is 0.309 e. The molecule has 3 saturated carbocycles. The van der Waals surface area contributed by atoms with Crippen molar-refractivity contribution in [2.75, 3.05) is 19.4 Å². The van der Waals surface area contributed by atoms with Crippen LogP contribution >= 0.6 is 0 Å². The Kier molecular flexibility index (Phi) is 4.58. The van der Waals surface area contributed by atoms with Gasteiger partial charge in [0.2, 0.25) is 5.91 Å². The van der Waals surface area contributed by atoms with Gasteiger partial charge in [0.25, 0.3) is 0 Å². The molecular weight excluding hydrogens is 323 g/mol. The van der Waals surface area contributed by atoms with Crippen LogP contribution in [0.4, 0.5) is 10.1 Å². The summed E-state index contributed by atoms with van der Waals surface area (Å²) in [6, 6.07) is 4.87. The highest BCUT2D eigenvalue weighted by Crippen LogP contribution is 2.57. The zero-order valence-corrected chi connectivity index (χ0v) is 14.8. The molecule has 0 aliphatic heterocycles. The van der Waals surface area contributed by atoms with Crippen molar-refractivity contribution in [1.82, 2.24) is 4.90 Å². The lowest BCUT2D eigenvalue weighted by molar-refractivity contribution is -0.162. The van der Waals surface area contributed by atoms with Crippen LogP contribution in [0.1, 0.15) is 44.1 Å². The first kappa shape index (κ1) is 17.9. The maximum Gasteiger partial charge on any atom is 0.309 e. The van der Waals surface area contributed by atoms with Gasteiger partial charge in [-0.25, -0.2) is 4.39 Å². The highest BCUT2D eigenvalue weighted by atomic mass is 19.1. The van der Waals surface area contributed by atoms with E-state index in [1.807, 2.05) is 25.1 Å². The zero-order valence-electron chi connectivity index (χ0n) is 14.8. The summed E-state index contributed by atoms with van der Waals surface area (Å²) in [5.41, 5.74) is -0.157. The van der Waals surface area contributed by atoms with Gasteiger partial charge in [0.15, 0.2) is 0 Å². The Hall–Kier alpha value is -1.95. The van der Waals surface area contributed by atoms with E-state index in [-0.39, 0.29) is 11.6 Å². The molecule has 3 fully saturated rings. The largest absolute Gasteiger partial charge is 0.481 e. The highest BCUT2D eigenvalue weighted by molar-refractivity contribution is 5.96. The first-order valence-electron chi connectivity index (χ1n) is 8.74. The van der Waals surface area contributed by atoms with Crippen LogP contribution < -0.4 is 5.32 Å². The molecule has 0 aromatic heterocycles. The molecule has 0 atom stereocenters. The van der Waals surface area contributed by atoms with E-state index >= 15 is 0 Å². The number of hydrogen-bond acceptors (Lipinski definition) is 3. The molecule has 2 bridgehead atoms. The Morgan fingerprint density at radius 3 is 2.16 bits per heavy atom. The summed E-state index contributed by atoms with van der Waals surface area (Å²) in [5.74, 6) is -1.36. The molecular formula is C19H25FN2O3. The van der Waals surface area contributed by atoms with Gasteiger partial charge in [0.1, 0.15) is 5.82 Å². The van der Waals surface area contributed by atoms with Crippen molar-refractivity contribution < 1.29 is 19.1 Å². The van der Waals surface area contributed by atoms with Gasteiger partial charge in [-0.05, 0) is 70.3 Å². The molecule has 3 aliphatic carbocycles. The molecule has 0 heterocycles. The Morgan fingerprint density at radius 2 is 1.68 bits per heavy atom. The van der Waals surface area contributed by atoms with Gasteiger partial charge in [-0.3, -0.25) is 9.59 Å². The average Bonchev–Trinajstić information content (AvgIpc) is 2.58. The number of aliphatic carboxylic acids is 1. The third-order valence-electron chi connectivity index (χ3n) is 5.96. The first-order valence-corrected chi connectivity index (χ1v) is 8.74. The minimum Gasteiger partial charge on any atom is -0.481 e. The molecule has 0 spiro atoms. The van der Waals surface area contributed by atoms with Crippen LogP contribution in [-0.2, 0) is 16.1 Å². The number of carbonyl (C=O) groups is 2. The van der Waals surface area contributed by atoms with Crippen molar-refractivity contribution >= 4 is 17.6 Å². The maximum absolute atomic E-state index is 14.3. The van der Waals surface area contributed by atoms with Crippen LogP contribution in [0.25, 0.3) is 0 Å².